The largest absolute Gasteiger partial charge is 0.493 e. The third kappa shape index (κ3) is 3.73. The summed E-state index contributed by atoms with van der Waals surface area (Å²) in [6, 6.07) is 7.75. The number of hydrogen-bond acceptors (Lipinski definition) is 3. The molecule has 2 unspecified atom stereocenters. The van der Waals surface area contributed by atoms with Crippen molar-refractivity contribution in [1.82, 2.24) is 0 Å². The van der Waals surface area contributed by atoms with E-state index in [0.717, 1.165) is 12.2 Å². The minimum absolute atomic E-state index is 0.320. The van der Waals surface area contributed by atoms with Crippen molar-refractivity contribution in [1.29, 1.82) is 0 Å². The van der Waals surface area contributed by atoms with Crippen LogP contribution in [0.25, 0.3) is 0 Å². The van der Waals surface area contributed by atoms with Gasteiger partial charge >= 0.3 is 5.97 Å². The molecule has 0 saturated heterocycles. The van der Waals surface area contributed by atoms with Crippen molar-refractivity contribution in [2.75, 3.05) is 13.2 Å². The fourth-order valence-corrected chi connectivity index (χ4v) is 2.43. The molecule has 0 amide bonds. The fourth-order valence-electron chi connectivity index (χ4n) is 2.43. The topological polar surface area (TPSA) is 72.5 Å². The molecular weight excluding hydrogens is 266 g/mol. The predicted molar refractivity (Wildman–Crippen MR) is 82.2 cm³/mol. The van der Waals surface area contributed by atoms with Crippen molar-refractivity contribution in [3.8, 4) is 5.75 Å². The molecule has 4 heteroatoms. The number of nitrogens with two attached hydrogens (primary N) is 1. The second-order valence-corrected chi connectivity index (χ2v) is 5.54. The molecule has 0 spiro atoms. The van der Waals surface area contributed by atoms with Gasteiger partial charge in [0.2, 0.25) is 0 Å². The molecule has 2 rings (SSSR count). The third-order valence-electron chi connectivity index (χ3n) is 3.77. The zero-order valence-electron chi connectivity index (χ0n) is 12.2. The second-order valence-electron chi connectivity index (χ2n) is 5.54. The molecule has 1 aromatic carbocycles. The number of ether oxygens (including phenoxy) is 1. The Morgan fingerprint density at radius 3 is 2.67 bits per heavy atom. The molecule has 0 fully saturated rings. The van der Waals surface area contributed by atoms with Crippen LogP contribution in [0.15, 0.2) is 48.6 Å². The molecule has 1 aliphatic rings. The van der Waals surface area contributed by atoms with Crippen molar-refractivity contribution in [3.05, 3.63) is 54.1 Å². The summed E-state index contributed by atoms with van der Waals surface area (Å²) in [7, 11) is 0. The van der Waals surface area contributed by atoms with Gasteiger partial charge in [-0.15, -0.1) is 0 Å². The molecule has 0 aromatic heterocycles. The first-order valence-corrected chi connectivity index (χ1v) is 7.06. The Bertz CT molecular complexity index is 548. The summed E-state index contributed by atoms with van der Waals surface area (Å²) in [5.41, 5.74) is 6.14. The molecule has 1 aromatic rings. The van der Waals surface area contributed by atoms with Gasteiger partial charge < -0.3 is 15.6 Å². The van der Waals surface area contributed by atoms with Crippen LogP contribution in [0.2, 0.25) is 0 Å². The normalized spacial score (nSPS) is 24.0. The lowest BCUT2D eigenvalue weighted by molar-refractivity contribution is -0.143. The summed E-state index contributed by atoms with van der Waals surface area (Å²) in [6.45, 7) is 2.84. The van der Waals surface area contributed by atoms with Crippen LogP contribution in [0.1, 0.15) is 12.5 Å². The first kappa shape index (κ1) is 15.3. The Hall–Kier alpha value is -2.07. The van der Waals surface area contributed by atoms with E-state index in [4.69, 9.17) is 10.5 Å². The summed E-state index contributed by atoms with van der Waals surface area (Å²) >= 11 is 0. The molecule has 0 saturated carbocycles. The number of benzene rings is 1. The van der Waals surface area contributed by atoms with Crippen LogP contribution in [0.5, 0.6) is 5.75 Å². The smallest absolute Gasteiger partial charge is 0.311 e. The van der Waals surface area contributed by atoms with Crippen molar-refractivity contribution in [3.63, 3.8) is 0 Å². The van der Waals surface area contributed by atoms with Gasteiger partial charge in [0.25, 0.3) is 0 Å². The summed E-state index contributed by atoms with van der Waals surface area (Å²) in [4.78, 5) is 11.3. The zero-order valence-corrected chi connectivity index (χ0v) is 12.2. The summed E-state index contributed by atoms with van der Waals surface area (Å²) in [5, 5.41) is 9.31. The number of carboxylic acid groups (broad SMARTS) is 1. The van der Waals surface area contributed by atoms with Crippen molar-refractivity contribution in [2.45, 2.75) is 13.3 Å². The Balaban J connectivity index is 2.02. The monoisotopic (exact) mass is 287 g/mol. The highest BCUT2D eigenvalue weighted by Crippen LogP contribution is 2.34. The fraction of sp³-hybridized carbons (Fsp3) is 0.353. The molecule has 1 aliphatic carbocycles. The molecule has 0 aliphatic heterocycles. The highest BCUT2D eigenvalue weighted by molar-refractivity contribution is 5.74. The number of aliphatic carboxylic acids is 1. The Labute approximate surface area is 124 Å². The van der Waals surface area contributed by atoms with Crippen LogP contribution in [0, 0.1) is 11.3 Å². The summed E-state index contributed by atoms with van der Waals surface area (Å²) in [5.74, 6) is -0.664. The molecule has 3 N–H and O–H groups in total. The SMILES string of the molecule is CC1(COc2ccc(CCN)cc2)C=CC=CC1C(=O)O. The summed E-state index contributed by atoms with van der Waals surface area (Å²) in [6.07, 6.45) is 8.08. The second kappa shape index (κ2) is 6.59. The average Bonchev–Trinajstić information content (AvgIpc) is 2.47. The molecule has 0 bridgehead atoms. The molecule has 2 atom stereocenters. The maximum Gasteiger partial charge on any atom is 0.311 e. The minimum atomic E-state index is -0.833. The van der Waals surface area contributed by atoms with Gasteiger partial charge in [0.1, 0.15) is 5.75 Å². The zero-order chi connectivity index (χ0) is 15.3. The van der Waals surface area contributed by atoms with Crippen molar-refractivity contribution < 1.29 is 14.6 Å². The number of carbonyl (C=O) groups is 1. The third-order valence-corrected chi connectivity index (χ3v) is 3.77. The highest BCUT2D eigenvalue weighted by Gasteiger charge is 2.37. The molecule has 112 valence electrons. The van der Waals surface area contributed by atoms with Crippen LogP contribution < -0.4 is 10.5 Å². The van der Waals surface area contributed by atoms with Gasteiger partial charge in [0.05, 0.1) is 12.5 Å². The van der Waals surface area contributed by atoms with Crippen LogP contribution in [0.4, 0.5) is 0 Å². The minimum Gasteiger partial charge on any atom is -0.493 e. The van der Waals surface area contributed by atoms with E-state index < -0.39 is 17.3 Å². The Morgan fingerprint density at radius 2 is 2.05 bits per heavy atom. The van der Waals surface area contributed by atoms with E-state index in [0.29, 0.717) is 13.2 Å². The first-order chi connectivity index (χ1) is 10.0. The van der Waals surface area contributed by atoms with E-state index in [1.165, 1.54) is 5.56 Å². The van der Waals surface area contributed by atoms with E-state index in [9.17, 15) is 9.90 Å². The number of carboxylic acids is 1. The lowest BCUT2D eigenvalue weighted by atomic mass is 9.75. The first-order valence-electron chi connectivity index (χ1n) is 7.06. The standard InChI is InChI=1S/C17H21NO3/c1-17(10-3-2-4-15(17)16(19)20)12-21-14-7-5-13(6-8-14)9-11-18/h2-8,10,15H,9,11-12,18H2,1H3,(H,19,20). The van der Waals surface area contributed by atoms with Crippen LogP contribution in [-0.4, -0.2) is 24.2 Å². The van der Waals surface area contributed by atoms with Crippen LogP contribution in [-0.2, 0) is 11.2 Å². The number of hydrogen-bond donors (Lipinski definition) is 2. The predicted octanol–water partition coefficient (Wildman–Crippen LogP) is 2.40. The lowest BCUT2D eigenvalue weighted by Gasteiger charge is -2.32. The van der Waals surface area contributed by atoms with Gasteiger partial charge in [0, 0.05) is 5.41 Å². The van der Waals surface area contributed by atoms with Gasteiger partial charge in [-0.2, -0.15) is 0 Å². The van der Waals surface area contributed by atoms with E-state index in [2.05, 4.69) is 0 Å². The lowest BCUT2D eigenvalue weighted by Crippen LogP contribution is -2.36. The van der Waals surface area contributed by atoms with Crippen LogP contribution in [0.3, 0.4) is 0 Å². The van der Waals surface area contributed by atoms with E-state index in [1.807, 2.05) is 43.3 Å². The number of rotatable bonds is 6. The Kier molecular flexibility index (Phi) is 4.81. The van der Waals surface area contributed by atoms with Gasteiger partial charge in [-0.1, -0.05) is 43.4 Å². The van der Waals surface area contributed by atoms with Crippen molar-refractivity contribution >= 4 is 5.97 Å². The van der Waals surface area contributed by atoms with Crippen LogP contribution >= 0.6 is 0 Å². The quantitative estimate of drug-likeness (QED) is 0.842. The van der Waals surface area contributed by atoms with E-state index >= 15 is 0 Å². The molecule has 0 heterocycles. The molecule has 21 heavy (non-hydrogen) atoms. The van der Waals surface area contributed by atoms with Gasteiger partial charge in [0.15, 0.2) is 0 Å². The molecule has 4 nitrogen and oxygen atoms in total. The number of allylic oxidation sites excluding steroid dienone is 2. The highest BCUT2D eigenvalue weighted by atomic mass is 16.5. The van der Waals surface area contributed by atoms with Gasteiger partial charge in [-0.3, -0.25) is 4.79 Å². The molecular formula is C17H21NO3. The van der Waals surface area contributed by atoms with E-state index in [-0.39, 0.29) is 0 Å². The molecule has 0 radical (unpaired) electrons. The maximum absolute atomic E-state index is 11.3. The average molecular weight is 287 g/mol. The maximum atomic E-state index is 11.3. The summed E-state index contributed by atoms with van der Waals surface area (Å²) < 4.78 is 5.78. The van der Waals surface area contributed by atoms with E-state index in [1.54, 1.807) is 12.2 Å². The Morgan fingerprint density at radius 1 is 1.33 bits per heavy atom. The van der Waals surface area contributed by atoms with Crippen molar-refractivity contribution in [2.24, 2.45) is 17.1 Å². The van der Waals surface area contributed by atoms with Gasteiger partial charge in [-0.05, 0) is 30.7 Å². The van der Waals surface area contributed by atoms with Gasteiger partial charge in [-0.25, -0.2) is 0 Å².